The number of pyridine rings is 1. The van der Waals surface area contributed by atoms with Gasteiger partial charge in [-0.15, -0.1) is 11.8 Å². The highest BCUT2D eigenvalue weighted by Crippen LogP contribution is 2.30. The molecule has 2 N–H and O–H groups in total. The fourth-order valence-electron chi connectivity index (χ4n) is 2.55. The molecule has 1 heterocycles. The zero-order valence-corrected chi connectivity index (χ0v) is 14.2. The molecule has 0 saturated heterocycles. The molecule has 0 aliphatic rings. The molecule has 0 aliphatic heterocycles. The largest absolute Gasteiger partial charge is 0.366 e. The summed E-state index contributed by atoms with van der Waals surface area (Å²) in [7, 11) is 0. The van der Waals surface area contributed by atoms with Crippen LogP contribution in [0.4, 0.5) is 5.69 Å². The van der Waals surface area contributed by atoms with Gasteiger partial charge in [-0.05, 0) is 30.7 Å². The van der Waals surface area contributed by atoms with Crippen LogP contribution in [0.2, 0.25) is 0 Å². The third kappa shape index (κ3) is 3.61. The SMILES string of the molecule is Cc1cc(SCc2ccc(C(N)=O)cc2[N+](=O)[O-])nc2ccccc12. The van der Waals surface area contributed by atoms with Crippen molar-refractivity contribution in [2.45, 2.75) is 17.7 Å². The molecule has 0 saturated carbocycles. The Hall–Kier alpha value is -2.93. The fourth-order valence-corrected chi connectivity index (χ4v) is 3.52. The third-order valence-corrected chi connectivity index (χ3v) is 4.80. The molecule has 0 bridgehead atoms. The number of nitrogens with zero attached hydrogens (tertiary/aromatic N) is 2. The van der Waals surface area contributed by atoms with Gasteiger partial charge >= 0.3 is 0 Å². The van der Waals surface area contributed by atoms with E-state index in [2.05, 4.69) is 4.98 Å². The van der Waals surface area contributed by atoms with Crippen LogP contribution >= 0.6 is 11.8 Å². The number of nitro groups is 1. The van der Waals surface area contributed by atoms with Crippen molar-refractivity contribution in [1.29, 1.82) is 0 Å². The van der Waals surface area contributed by atoms with E-state index in [-0.39, 0.29) is 11.3 Å². The van der Waals surface area contributed by atoms with Gasteiger partial charge in [-0.2, -0.15) is 0 Å². The molecule has 0 spiro atoms. The maximum Gasteiger partial charge on any atom is 0.274 e. The van der Waals surface area contributed by atoms with E-state index in [1.807, 2.05) is 37.3 Å². The lowest BCUT2D eigenvalue weighted by Gasteiger charge is -2.07. The quantitative estimate of drug-likeness (QED) is 0.427. The third-order valence-electron chi connectivity index (χ3n) is 3.84. The summed E-state index contributed by atoms with van der Waals surface area (Å²) in [4.78, 5) is 26.6. The topological polar surface area (TPSA) is 99.1 Å². The summed E-state index contributed by atoms with van der Waals surface area (Å²) in [5.41, 5.74) is 7.72. The van der Waals surface area contributed by atoms with Crippen LogP contribution in [0.15, 0.2) is 53.6 Å². The molecule has 6 nitrogen and oxygen atoms in total. The molecular weight excluding hydrogens is 338 g/mol. The molecule has 3 rings (SSSR count). The molecule has 126 valence electrons. The number of benzene rings is 2. The summed E-state index contributed by atoms with van der Waals surface area (Å²) in [5.74, 6) is -0.311. The summed E-state index contributed by atoms with van der Waals surface area (Å²) in [5, 5.41) is 13.1. The van der Waals surface area contributed by atoms with E-state index < -0.39 is 10.8 Å². The normalized spacial score (nSPS) is 10.8. The molecule has 0 unspecified atom stereocenters. The van der Waals surface area contributed by atoms with Gasteiger partial charge in [-0.25, -0.2) is 4.98 Å². The summed E-state index contributed by atoms with van der Waals surface area (Å²) in [6.45, 7) is 2.01. The molecule has 2 aromatic carbocycles. The van der Waals surface area contributed by atoms with Crippen molar-refractivity contribution in [3.05, 3.63) is 75.3 Å². The minimum Gasteiger partial charge on any atom is -0.366 e. The number of aromatic nitrogens is 1. The highest BCUT2D eigenvalue weighted by Gasteiger charge is 2.17. The number of hydrogen-bond donors (Lipinski definition) is 1. The van der Waals surface area contributed by atoms with Gasteiger partial charge in [-0.1, -0.05) is 24.3 Å². The van der Waals surface area contributed by atoms with Gasteiger partial charge in [0.15, 0.2) is 0 Å². The van der Waals surface area contributed by atoms with E-state index in [0.29, 0.717) is 11.3 Å². The Kier molecular flexibility index (Phi) is 4.67. The predicted octanol–water partition coefficient (Wildman–Crippen LogP) is 3.84. The van der Waals surface area contributed by atoms with Crippen molar-refractivity contribution in [3.63, 3.8) is 0 Å². The van der Waals surface area contributed by atoms with Gasteiger partial charge in [0.2, 0.25) is 5.91 Å². The number of primary amides is 1. The maximum atomic E-state index is 11.3. The van der Waals surface area contributed by atoms with Gasteiger partial charge in [0.05, 0.1) is 15.5 Å². The maximum absolute atomic E-state index is 11.3. The first-order valence-electron chi connectivity index (χ1n) is 7.52. The van der Waals surface area contributed by atoms with Crippen molar-refractivity contribution < 1.29 is 9.72 Å². The number of thioether (sulfide) groups is 1. The number of hydrogen-bond acceptors (Lipinski definition) is 5. The van der Waals surface area contributed by atoms with E-state index in [1.54, 1.807) is 6.07 Å². The Morgan fingerprint density at radius 3 is 2.72 bits per heavy atom. The van der Waals surface area contributed by atoms with E-state index in [4.69, 9.17) is 5.73 Å². The Labute approximate surface area is 148 Å². The number of nitrogens with two attached hydrogens (primary N) is 1. The first kappa shape index (κ1) is 16.9. The Morgan fingerprint density at radius 1 is 1.24 bits per heavy atom. The van der Waals surface area contributed by atoms with Gasteiger partial charge in [0.25, 0.3) is 5.69 Å². The highest BCUT2D eigenvalue weighted by atomic mass is 32.2. The van der Waals surface area contributed by atoms with Crippen LogP contribution in [-0.4, -0.2) is 15.8 Å². The zero-order chi connectivity index (χ0) is 18.0. The molecule has 1 aromatic heterocycles. The number of amides is 1. The van der Waals surface area contributed by atoms with Crippen LogP contribution in [0, 0.1) is 17.0 Å². The zero-order valence-electron chi connectivity index (χ0n) is 13.4. The molecule has 0 atom stereocenters. The lowest BCUT2D eigenvalue weighted by Crippen LogP contribution is -2.11. The minimum absolute atomic E-state index is 0.110. The minimum atomic E-state index is -0.686. The average molecular weight is 353 g/mol. The second kappa shape index (κ2) is 6.90. The average Bonchev–Trinajstić information content (AvgIpc) is 2.59. The van der Waals surface area contributed by atoms with Crippen molar-refractivity contribution in [2.75, 3.05) is 0 Å². The van der Waals surface area contributed by atoms with E-state index in [1.165, 1.54) is 23.9 Å². The first-order valence-corrected chi connectivity index (χ1v) is 8.50. The van der Waals surface area contributed by atoms with E-state index in [9.17, 15) is 14.9 Å². The number of fused-ring (bicyclic) bond motifs is 1. The van der Waals surface area contributed by atoms with Crippen molar-refractivity contribution in [2.24, 2.45) is 5.73 Å². The lowest BCUT2D eigenvalue weighted by atomic mass is 10.1. The number of carbonyl (C=O) groups is 1. The number of nitro benzene ring substituents is 1. The van der Waals surface area contributed by atoms with Crippen LogP contribution in [0.25, 0.3) is 10.9 Å². The number of carbonyl (C=O) groups excluding carboxylic acids is 1. The standard InChI is InChI=1S/C18H15N3O3S/c1-11-8-17(20-15-5-3-2-4-14(11)15)25-10-13-7-6-12(18(19)22)9-16(13)21(23)24/h2-9H,10H2,1H3,(H2,19,22). The highest BCUT2D eigenvalue weighted by molar-refractivity contribution is 7.98. The Morgan fingerprint density at radius 2 is 2.00 bits per heavy atom. The van der Waals surface area contributed by atoms with Crippen LogP contribution in [-0.2, 0) is 5.75 Å². The molecule has 0 radical (unpaired) electrons. The summed E-state index contributed by atoms with van der Waals surface area (Å²) >= 11 is 1.42. The molecule has 3 aromatic rings. The number of aryl methyl sites for hydroxylation is 1. The van der Waals surface area contributed by atoms with Crippen molar-refractivity contribution in [3.8, 4) is 0 Å². The molecule has 0 aliphatic carbocycles. The molecule has 0 fully saturated rings. The fraction of sp³-hybridized carbons (Fsp3) is 0.111. The predicted molar refractivity (Wildman–Crippen MR) is 97.7 cm³/mol. The summed E-state index contributed by atoms with van der Waals surface area (Å²) in [6.07, 6.45) is 0. The number of rotatable bonds is 5. The van der Waals surface area contributed by atoms with Gasteiger partial charge in [0, 0.05) is 28.3 Å². The Balaban J connectivity index is 1.89. The van der Waals surface area contributed by atoms with Crippen LogP contribution in [0.5, 0.6) is 0 Å². The molecule has 7 heteroatoms. The van der Waals surface area contributed by atoms with Crippen molar-refractivity contribution >= 4 is 34.3 Å². The second-order valence-corrected chi connectivity index (χ2v) is 6.54. The van der Waals surface area contributed by atoms with Crippen LogP contribution in [0.3, 0.4) is 0 Å². The number of para-hydroxylation sites is 1. The lowest BCUT2D eigenvalue weighted by molar-refractivity contribution is -0.385. The van der Waals surface area contributed by atoms with E-state index >= 15 is 0 Å². The van der Waals surface area contributed by atoms with E-state index in [0.717, 1.165) is 21.5 Å². The van der Waals surface area contributed by atoms with Crippen LogP contribution < -0.4 is 5.73 Å². The summed E-state index contributed by atoms with van der Waals surface area (Å²) in [6, 6.07) is 14.1. The summed E-state index contributed by atoms with van der Waals surface area (Å²) < 4.78 is 0. The van der Waals surface area contributed by atoms with Crippen molar-refractivity contribution in [1.82, 2.24) is 4.98 Å². The first-order chi connectivity index (χ1) is 12.0. The van der Waals surface area contributed by atoms with Gasteiger partial charge < -0.3 is 5.73 Å². The van der Waals surface area contributed by atoms with Gasteiger partial charge in [-0.3, -0.25) is 14.9 Å². The Bertz CT molecular complexity index is 988. The van der Waals surface area contributed by atoms with Gasteiger partial charge in [0.1, 0.15) is 0 Å². The molecule has 1 amide bonds. The second-order valence-electron chi connectivity index (χ2n) is 5.55. The van der Waals surface area contributed by atoms with Crippen LogP contribution in [0.1, 0.15) is 21.5 Å². The monoisotopic (exact) mass is 353 g/mol. The molecular formula is C18H15N3O3S. The smallest absolute Gasteiger partial charge is 0.274 e. The molecule has 25 heavy (non-hydrogen) atoms.